The summed E-state index contributed by atoms with van der Waals surface area (Å²) >= 11 is 0. The predicted molar refractivity (Wildman–Crippen MR) is 66.6 cm³/mol. The minimum absolute atomic E-state index is 0.894. The zero-order chi connectivity index (χ0) is 10.9. The summed E-state index contributed by atoms with van der Waals surface area (Å²) in [5.74, 6) is 0. The molecular formula is C12H21N3. The molecule has 1 aliphatic rings. The van der Waals surface area contributed by atoms with Gasteiger partial charge in [-0.05, 0) is 13.1 Å². The molecule has 1 saturated heterocycles. The van der Waals surface area contributed by atoms with Gasteiger partial charge in [-0.15, -0.1) is 0 Å². The topological polar surface area (TPSA) is 18.8 Å². The van der Waals surface area contributed by atoms with E-state index in [1.54, 1.807) is 6.08 Å². The number of aliphatic imine (C=N–C) groups is 1. The van der Waals surface area contributed by atoms with Gasteiger partial charge >= 0.3 is 0 Å². The van der Waals surface area contributed by atoms with Crippen molar-refractivity contribution in [3.05, 3.63) is 24.8 Å². The molecule has 1 fully saturated rings. The SMILES string of the molecule is C=C/C=C\C=N/CCN1CCN(C)CC1. The predicted octanol–water partition coefficient (Wildman–Crippen LogP) is 1.05. The molecule has 0 bridgehead atoms. The van der Waals surface area contributed by atoms with Crippen molar-refractivity contribution in [2.24, 2.45) is 4.99 Å². The molecule has 0 atom stereocenters. The Kier molecular flexibility index (Phi) is 5.97. The first-order valence-electron chi connectivity index (χ1n) is 5.51. The summed E-state index contributed by atoms with van der Waals surface area (Å²) in [6.45, 7) is 10.3. The van der Waals surface area contributed by atoms with Crippen LogP contribution in [0.4, 0.5) is 0 Å². The summed E-state index contributed by atoms with van der Waals surface area (Å²) in [5, 5.41) is 0. The van der Waals surface area contributed by atoms with Crippen molar-refractivity contribution >= 4 is 6.21 Å². The lowest BCUT2D eigenvalue weighted by molar-refractivity contribution is 0.157. The molecule has 0 unspecified atom stereocenters. The molecule has 1 heterocycles. The van der Waals surface area contributed by atoms with Crippen LogP contribution in [0.25, 0.3) is 0 Å². The Labute approximate surface area is 92.8 Å². The van der Waals surface area contributed by atoms with E-state index in [2.05, 4.69) is 28.4 Å². The fraction of sp³-hybridized carbons (Fsp3) is 0.583. The van der Waals surface area contributed by atoms with Crippen molar-refractivity contribution in [1.29, 1.82) is 0 Å². The Bertz CT molecular complexity index is 225. The zero-order valence-corrected chi connectivity index (χ0v) is 9.60. The van der Waals surface area contributed by atoms with Crippen molar-refractivity contribution in [1.82, 2.24) is 9.80 Å². The van der Waals surface area contributed by atoms with Crippen molar-refractivity contribution in [2.45, 2.75) is 0 Å². The Hall–Kier alpha value is -0.930. The Morgan fingerprint density at radius 1 is 1.20 bits per heavy atom. The van der Waals surface area contributed by atoms with Crippen LogP contribution in [0.15, 0.2) is 29.8 Å². The van der Waals surface area contributed by atoms with Gasteiger partial charge in [-0.2, -0.15) is 0 Å². The van der Waals surface area contributed by atoms with Crippen LogP contribution in [0.2, 0.25) is 0 Å². The molecule has 84 valence electrons. The molecule has 0 aliphatic carbocycles. The van der Waals surface area contributed by atoms with Gasteiger partial charge in [0.05, 0.1) is 6.54 Å². The number of hydrogen-bond donors (Lipinski definition) is 0. The fourth-order valence-electron chi connectivity index (χ4n) is 1.53. The second-order valence-corrected chi connectivity index (χ2v) is 3.82. The molecule has 0 N–H and O–H groups in total. The van der Waals surface area contributed by atoms with Gasteiger partial charge in [0.1, 0.15) is 0 Å². The summed E-state index contributed by atoms with van der Waals surface area (Å²) in [5.41, 5.74) is 0. The van der Waals surface area contributed by atoms with E-state index >= 15 is 0 Å². The second-order valence-electron chi connectivity index (χ2n) is 3.82. The minimum Gasteiger partial charge on any atom is -0.304 e. The molecule has 3 heteroatoms. The Morgan fingerprint density at radius 3 is 2.60 bits per heavy atom. The van der Waals surface area contributed by atoms with Gasteiger partial charge in [0.2, 0.25) is 0 Å². The molecule has 1 rings (SSSR count). The summed E-state index contributed by atoms with van der Waals surface area (Å²) in [4.78, 5) is 9.14. The number of rotatable bonds is 5. The number of allylic oxidation sites excluding steroid dienone is 3. The third kappa shape index (κ3) is 5.50. The quantitative estimate of drug-likeness (QED) is 0.495. The number of piperazine rings is 1. The first-order chi connectivity index (χ1) is 7.33. The van der Waals surface area contributed by atoms with Crippen LogP contribution >= 0.6 is 0 Å². The first kappa shape index (κ1) is 12.1. The molecule has 0 radical (unpaired) electrons. The molecule has 3 nitrogen and oxygen atoms in total. The monoisotopic (exact) mass is 207 g/mol. The molecule has 0 aromatic heterocycles. The van der Waals surface area contributed by atoms with Gasteiger partial charge in [-0.3, -0.25) is 9.89 Å². The number of likely N-dealkylation sites (N-methyl/N-ethyl adjacent to an activating group) is 1. The fourth-order valence-corrected chi connectivity index (χ4v) is 1.53. The van der Waals surface area contributed by atoms with Gasteiger partial charge in [0, 0.05) is 38.9 Å². The average molecular weight is 207 g/mol. The minimum atomic E-state index is 0.894. The maximum Gasteiger partial charge on any atom is 0.0516 e. The second kappa shape index (κ2) is 7.37. The number of hydrogen-bond acceptors (Lipinski definition) is 3. The first-order valence-corrected chi connectivity index (χ1v) is 5.51. The molecule has 0 aromatic rings. The highest BCUT2D eigenvalue weighted by molar-refractivity contribution is 5.71. The highest BCUT2D eigenvalue weighted by Gasteiger charge is 2.12. The summed E-state index contributed by atoms with van der Waals surface area (Å²) < 4.78 is 0. The largest absolute Gasteiger partial charge is 0.304 e. The molecule has 0 aromatic carbocycles. The Balaban J connectivity index is 2.07. The van der Waals surface area contributed by atoms with Crippen LogP contribution in [0.5, 0.6) is 0 Å². The maximum atomic E-state index is 4.31. The van der Waals surface area contributed by atoms with E-state index in [4.69, 9.17) is 0 Å². The van der Waals surface area contributed by atoms with Crippen molar-refractivity contribution in [3.8, 4) is 0 Å². The molecule has 1 aliphatic heterocycles. The van der Waals surface area contributed by atoms with Gasteiger partial charge in [0.15, 0.2) is 0 Å². The maximum absolute atomic E-state index is 4.31. The van der Waals surface area contributed by atoms with Crippen LogP contribution in [0.1, 0.15) is 0 Å². The lowest BCUT2D eigenvalue weighted by atomic mass is 10.3. The van der Waals surface area contributed by atoms with E-state index in [0.29, 0.717) is 0 Å². The van der Waals surface area contributed by atoms with E-state index in [-0.39, 0.29) is 0 Å². The van der Waals surface area contributed by atoms with E-state index in [1.807, 2.05) is 18.4 Å². The summed E-state index contributed by atoms with van der Waals surface area (Å²) in [6, 6.07) is 0. The van der Waals surface area contributed by atoms with Crippen molar-refractivity contribution in [3.63, 3.8) is 0 Å². The van der Waals surface area contributed by atoms with Crippen LogP contribution in [0.3, 0.4) is 0 Å². The van der Waals surface area contributed by atoms with Crippen molar-refractivity contribution in [2.75, 3.05) is 46.3 Å². The normalized spacial score (nSPS) is 20.3. The van der Waals surface area contributed by atoms with E-state index < -0.39 is 0 Å². The highest BCUT2D eigenvalue weighted by Crippen LogP contribution is 1.97. The van der Waals surface area contributed by atoms with E-state index in [0.717, 1.165) is 13.1 Å². The summed E-state index contributed by atoms with van der Waals surface area (Å²) in [6.07, 6.45) is 7.40. The van der Waals surface area contributed by atoms with Crippen molar-refractivity contribution < 1.29 is 0 Å². The zero-order valence-electron chi connectivity index (χ0n) is 9.60. The van der Waals surface area contributed by atoms with Gasteiger partial charge in [-0.25, -0.2) is 0 Å². The molecule has 0 amide bonds. The van der Waals surface area contributed by atoms with Gasteiger partial charge in [0.25, 0.3) is 0 Å². The van der Waals surface area contributed by atoms with E-state index in [9.17, 15) is 0 Å². The molecule has 15 heavy (non-hydrogen) atoms. The smallest absolute Gasteiger partial charge is 0.0516 e. The third-order valence-electron chi connectivity index (χ3n) is 2.58. The molecule has 0 spiro atoms. The van der Waals surface area contributed by atoms with Crippen LogP contribution in [0, 0.1) is 0 Å². The summed E-state index contributed by atoms with van der Waals surface area (Å²) in [7, 11) is 2.18. The van der Waals surface area contributed by atoms with Crippen LogP contribution < -0.4 is 0 Å². The van der Waals surface area contributed by atoms with Gasteiger partial charge in [-0.1, -0.05) is 18.7 Å². The van der Waals surface area contributed by atoms with E-state index in [1.165, 1.54) is 26.2 Å². The highest BCUT2D eigenvalue weighted by atomic mass is 15.2. The van der Waals surface area contributed by atoms with Crippen LogP contribution in [-0.2, 0) is 0 Å². The standard InChI is InChI=1S/C12H21N3/c1-3-4-5-6-13-7-8-15-11-9-14(2)10-12-15/h3-6H,1,7-12H2,2H3/b5-4-,13-6-. The van der Waals surface area contributed by atoms with Gasteiger partial charge < -0.3 is 4.90 Å². The molecular weight excluding hydrogens is 186 g/mol. The molecule has 0 saturated carbocycles. The third-order valence-corrected chi connectivity index (χ3v) is 2.58. The van der Waals surface area contributed by atoms with Crippen LogP contribution in [-0.4, -0.2) is 62.3 Å². The average Bonchev–Trinajstić information content (AvgIpc) is 2.26. The lowest BCUT2D eigenvalue weighted by Gasteiger charge is -2.31. The number of nitrogens with zero attached hydrogens (tertiary/aromatic N) is 3. The lowest BCUT2D eigenvalue weighted by Crippen LogP contribution is -2.45. The Morgan fingerprint density at radius 2 is 1.93 bits per heavy atom.